The maximum absolute atomic E-state index is 10.3. The molecule has 0 spiro atoms. The predicted molar refractivity (Wildman–Crippen MR) is 92.0 cm³/mol. The third-order valence-electron chi connectivity index (χ3n) is 4.74. The molecule has 2 rings (SSSR count). The van der Waals surface area contributed by atoms with Gasteiger partial charge in [-0.05, 0) is 11.1 Å². The summed E-state index contributed by atoms with van der Waals surface area (Å²) >= 11 is 0. The monoisotopic (exact) mass is 348 g/mol. The van der Waals surface area contributed by atoms with E-state index in [-0.39, 0.29) is 35.8 Å². The zero-order valence-electron chi connectivity index (χ0n) is 14.3. The summed E-state index contributed by atoms with van der Waals surface area (Å²) in [6, 6.07) is 6.56. The smallest absolute Gasteiger partial charge is 0.126 e. The van der Waals surface area contributed by atoms with E-state index in [2.05, 4.69) is 0 Å². The summed E-state index contributed by atoms with van der Waals surface area (Å²) in [5.41, 5.74) is 1.63. The molecule has 0 unspecified atom stereocenters. The summed E-state index contributed by atoms with van der Waals surface area (Å²) in [5, 5.41) is 58.6. The van der Waals surface area contributed by atoms with Crippen LogP contribution in [-0.2, 0) is 31.8 Å². The maximum Gasteiger partial charge on any atom is 0.126 e. The second-order valence-corrected chi connectivity index (χ2v) is 6.46. The highest BCUT2D eigenvalue weighted by atomic mass is 16.3. The van der Waals surface area contributed by atoms with Crippen molar-refractivity contribution in [1.29, 1.82) is 0 Å². The number of aliphatic hydroxyl groups excluding tert-OH is 4. The van der Waals surface area contributed by atoms with Gasteiger partial charge in [0.25, 0.3) is 0 Å². The zero-order chi connectivity index (χ0) is 18.8. The van der Waals surface area contributed by atoms with Crippen molar-refractivity contribution in [3.05, 3.63) is 57.6 Å². The van der Waals surface area contributed by atoms with Gasteiger partial charge in [-0.15, -0.1) is 0 Å². The van der Waals surface area contributed by atoms with Crippen LogP contribution in [0.4, 0.5) is 0 Å². The fourth-order valence-corrected chi connectivity index (χ4v) is 3.26. The molecule has 0 amide bonds. The first-order chi connectivity index (χ1) is 11.8. The van der Waals surface area contributed by atoms with Gasteiger partial charge in [0.1, 0.15) is 11.5 Å². The summed E-state index contributed by atoms with van der Waals surface area (Å²) in [7, 11) is 0. The van der Waals surface area contributed by atoms with E-state index in [4.69, 9.17) is 0 Å². The van der Waals surface area contributed by atoms with Crippen LogP contribution in [0.25, 0.3) is 0 Å². The Hall–Kier alpha value is -2.12. The first-order valence-electron chi connectivity index (χ1n) is 7.95. The van der Waals surface area contributed by atoms with Crippen LogP contribution in [0.5, 0.6) is 11.5 Å². The standard InChI is InChI=1S/C19H24O6/c1-19(2,15-5-3-11(7-20)17(24)13(15)9-22)16-6-4-12(8-21)18(25)14(16)10-23/h3-6,20-25H,7-10H2,1-2H3. The van der Waals surface area contributed by atoms with Gasteiger partial charge in [-0.25, -0.2) is 0 Å². The molecule has 25 heavy (non-hydrogen) atoms. The molecule has 6 nitrogen and oxygen atoms in total. The molecule has 0 atom stereocenters. The Morgan fingerprint density at radius 3 is 1.28 bits per heavy atom. The topological polar surface area (TPSA) is 121 Å². The Bertz CT molecular complexity index is 703. The lowest BCUT2D eigenvalue weighted by molar-refractivity contribution is 0.259. The number of aromatic hydroxyl groups is 2. The molecule has 0 aliphatic carbocycles. The molecule has 6 N–H and O–H groups in total. The second kappa shape index (κ2) is 7.41. The third-order valence-corrected chi connectivity index (χ3v) is 4.74. The molecule has 0 aliphatic rings. The molecule has 6 heteroatoms. The van der Waals surface area contributed by atoms with E-state index in [1.807, 2.05) is 13.8 Å². The third kappa shape index (κ3) is 3.21. The number of hydrogen-bond donors (Lipinski definition) is 6. The van der Waals surface area contributed by atoms with E-state index in [1.165, 1.54) is 0 Å². The van der Waals surface area contributed by atoms with Crippen molar-refractivity contribution in [3.8, 4) is 11.5 Å². The average molecular weight is 348 g/mol. The van der Waals surface area contributed by atoms with Crippen molar-refractivity contribution >= 4 is 0 Å². The molecular formula is C19H24O6. The molecule has 0 aliphatic heterocycles. The number of aliphatic hydroxyl groups is 4. The lowest BCUT2D eigenvalue weighted by Gasteiger charge is -2.31. The molecule has 0 heterocycles. The molecule has 2 aromatic carbocycles. The van der Waals surface area contributed by atoms with Crippen molar-refractivity contribution in [2.24, 2.45) is 0 Å². The van der Waals surface area contributed by atoms with Gasteiger partial charge in [0.05, 0.1) is 26.4 Å². The van der Waals surface area contributed by atoms with Crippen molar-refractivity contribution < 1.29 is 30.6 Å². The van der Waals surface area contributed by atoms with Crippen LogP contribution in [0.2, 0.25) is 0 Å². The van der Waals surface area contributed by atoms with Crippen LogP contribution in [0.3, 0.4) is 0 Å². The Kier molecular flexibility index (Phi) is 5.69. The average Bonchev–Trinajstić information content (AvgIpc) is 2.60. The SMILES string of the molecule is CC(C)(c1ccc(CO)c(O)c1CO)c1ccc(CO)c(O)c1CO. The summed E-state index contributed by atoms with van der Waals surface area (Å²) in [5.74, 6) is -0.338. The number of benzene rings is 2. The van der Waals surface area contributed by atoms with E-state index in [0.717, 1.165) is 0 Å². The van der Waals surface area contributed by atoms with Crippen LogP contribution >= 0.6 is 0 Å². The largest absolute Gasteiger partial charge is 0.507 e. The van der Waals surface area contributed by atoms with Gasteiger partial charge in [-0.2, -0.15) is 0 Å². The number of phenols is 2. The first-order valence-corrected chi connectivity index (χ1v) is 7.95. The predicted octanol–water partition coefficient (Wildman–Crippen LogP) is 1.39. The Morgan fingerprint density at radius 2 is 1.00 bits per heavy atom. The van der Waals surface area contributed by atoms with Crippen molar-refractivity contribution in [2.45, 2.75) is 45.7 Å². The molecule has 0 saturated heterocycles. The zero-order valence-corrected chi connectivity index (χ0v) is 14.3. The van der Waals surface area contributed by atoms with Gasteiger partial charge in [-0.3, -0.25) is 0 Å². The fraction of sp³-hybridized carbons (Fsp3) is 0.368. The number of rotatable bonds is 6. The highest BCUT2D eigenvalue weighted by Crippen LogP contribution is 2.42. The van der Waals surface area contributed by atoms with Crippen molar-refractivity contribution in [2.75, 3.05) is 0 Å². The molecule has 0 bridgehead atoms. The van der Waals surface area contributed by atoms with Crippen molar-refractivity contribution in [3.63, 3.8) is 0 Å². The lowest BCUT2D eigenvalue weighted by Crippen LogP contribution is -2.23. The van der Waals surface area contributed by atoms with E-state index in [0.29, 0.717) is 22.3 Å². The van der Waals surface area contributed by atoms with E-state index in [9.17, 15) is 30.6 Å². The van der Waals surface area contributed by atoms with Gasteiger partial charge in [0, 0.05) is 27.7 Å². The minimum atomic E-state index is -0.771. The molecule has 0 aromatic heterocycles. The van der Waals surface area contributed by atoms with Gasteiger partial charge < -0.3 is 30.6 Å². The van der Waals surface area contributed by atoms with E-state index in [1.54, 1.807) is 24.3 Å². The van der Waals surface area contributed by atoms with Gasteiger partial charge >= 0.3 is 0 Å². The van der Waals surface area contributed by atoms with E-state index < -0.39 is 18.6 Å². The fourth-order valence-electron chi connectivity index (χ4n) is 3.26. The minimum Gasteiger partial charge on any atom is -0.507 e. The second-order valence-electron chi connectivity index (χ2n) is 6.46. The molecular weight excluding hydrogens is 324 g/mol. The summed E-state index contributed by atoms with van der Waals surface area (Å²) in [4.78, 5) is 0. The molecule has 2 aromatic rings. The highest BCUT2D eigenvalue weighted by Gasteiger charge is 2.31. The van der Waals surface area contributed by atoms with Gasteiger partial charge in [0.2, 0.25) is 0 Å². The van der Waals surface area contributed by atoms with Crippen LogP contribution in [0.1, 0.15) is 47.2 Å². The lowest BCUT2D eigenvalue weighted by atomic mass is 9.73. The Labute approximate surface area is 146 Å². The van der Waals surface area contributed by atoms with Crippen LogP contribution in [0.15, 0.2) is 24.3 Å². The van der Waals surface area contributed by atoms with Crippen LogP contribution in [-0.4, -0.2) is 30.6 Å². The highest BCUT2D eigenvalue weighted by molar-refractivity contribution is 5.55. The number of hydrogen-bond acceptors (Lipinski definition) is 6. The normalized spacial score (nSPS) is 11.8. The molecule has 0 fully saturated rings. The minimum absolute atomic E-state index is 0.169. The first kappa shape index (κ1) is 19.2. The van der Waals surface area contributed by atoms with Crippen molar-refractivity contribution in [1.82, 2.24) is 0 Å². The summed E-state index contributed by atoms with van der Waals surface area (Å²) in [6.45, 7) is 2.13. The Balaban J connectivity index is 2.72. The maximum atomic E-state index is 10.3. The Morgan fingerprint density at radius 1 is 0.640 bits per heavy atom. The van der Waals surface area contributed by atoms with Crippen LogP contribution in [0, 0.1) is 0 Å². The van der Waals surface area contributed by atoms with Gasteiger partial charge in [-0.1, -0.05) is 38.1 Å². The van der Waals surface area contributed by atoms with Crippen LogP contribution < -0.4 is 0 Å². The van der Waals surface area contributed by atoms with Gasteiger partial charge in [0.15, 0.2) is 0 Å². The molecule has 136 valence electrons. The molecule has 0 radical (unpaired) electrons. The summed E-state index contributed by atoms with van der Waals surface area (Å²) in [6.07, 6.45) is 0. The molecule has 0 saturated carbocycles. The summed E-state index contributed by atoms with van der Waals surface area (Å²) < 4.78 is 0. The quantitative estimate of drug-likeness (QED) is 0.469. The van der Waals surface area contributed by atoms with E-state index >= 15 is 0 Å².